The minimum atomic E-state index is -0.288. The molecular formula is C14H19ClN2O2. The Morgan fingerprint density at radius 1 is 1.53 bits per heavy atom. The molecule has 19 heavy (non-hydrogen) atoms. The van der Waals surface area contributed by atoms with Crippen LogP contribution in [-0.4, -0.2) is 36.6 Å². The van der Waals surface area contributed by atoms with E-state index in [4.69, 9.17) is 22.1 Å². The molecule has 0 bridgehead atoms. The van der Waals surface area contributed by atoms with E-state index in [-0.39, 0.29) is 11.5 Å². The van der Waals surface area contributed by atoms with Crippen LogP contribution in [0.4, 0.5) is 5.69 Å². The average molecular weight is 283 g/mol. The summed E-state index contributed by atoms with van der Waals surface area (Å²) in [7, 11) is 1.68. The predicted octanol–water partition coefficient (Wildman–Crippen LogP) is 2.56. The van der Waals surface area contributed by atoms with Crippen LogP contribution in [0.1, 0.15) is 30.1 Å². The molecule has 2 N–H and O–H groups in total. The van der Waals surface area contributed by atoms with E-state index in [9.17, 15) is 4.79 Å². The van der Waals surface area contributed by atoms with E-state index in [1.165, 1.54) is 0 Å². The standard InChI is InChI=1S/C14H19ClN2O2/c1-14(19-2)7-4-8-17(9-14)13(18)12-10(15)5-3-6-11(12)16/h3,5-6H,4,7-9,16H2,1-2H3. The van der Waals surface area contributed by atoms with Crippen molar-refractivity contribution in [1.82, 2.24) is 4.90 Å². The number of nitrogens with zero attached hydrogens (tertiary/aromatic N) is 1. The number of nitrogens with two attached hydrogens (primary N) is 1. The van der Waals surface area contributed by atoms with E-state index in [0.717, 1.165) is 12.8 Å². The summed E-state index contributed by atoms with van der Waals surface area (Å²) < 4.78 is 5.50. The fraction of sp³-hybridized carbons (Fsp3) is 0.500. The van der Waals surface area contributed by atoms with Gasteiger partial charge in [-0.05, 0) is 31.9 Å². The normalized spacial score (nSPS) is 23.4. The summed E-state index contributed by atoms with van der Waals surface area (Å²) in [5.74, 6) is -0.119. The van der Waals surface area contributed by atoms with Gasteiger partial charge in [0.2, 0.25) is 0 Å². The van der Waals surface area contributed by atoms with Crippen LogP contribution >= 0.6 is 11.6 Å². The number of hydrogen-bond acceptors (Lipinski definition) is 3. The van der Waals surface area contributed by atoms with Crippen molar-refractivity contribution >= 4 is 23.2 Å². The topological polar surface area (TPSA) is 55.6 Å². The second-order valence-corrected chi connectivity index (χ2v) is 5.60. The zero-order chi connectivity index (χ0) is 14.0. The molecule has 1 amide bonds. The molecule has 5 heteroatoms. The quantitative estimate of drug-likeness (QED) is 0.848. The maximum atomic E-state index is 12.6. The van der Waals surface area contributed by atoms with Crippen molar-refractivity contribution in [3.05, 3.63) is 28.8 Å². The number of piperidine rings is 1. The van der Waals surface area contributed by atoms with Crippen molar-refractivity contribution in [1.29, 1.82) is 0 Å². The molecule has 0 spiro atoms. The predicted molar refractivity (Wildman–Crippen MR) is 76.4 cm³/mol. The van der Waals surface area contributed by atoms with Gasteiger partial charge in [-0.2, -0.15) is 0 Å². The van der Waals surface area contributed by atoms with Gasteiger partial charge in [0, 0.05) is 25.9 Å². The first kappa shape index (κ1) is 14.2. The molecule has 1 aliphatic rings. The van der Waals surface area contributed by atoms with Crippen LogP contribution < -0.4 is 5.73 Å². The average Bonchev–Trinajstić information content (AvgIpc) is 2.38. The molecule has 1 aromatic rings. The van der Waals surface area contributed by atoms with Gasteiger partial charge >= 0.3 is 0 Å². The summed E-state index contributed by atoms with van der Waals surface area (Å²) in [5, 5.41) is 0.398. The van der Waals surface area contributed by atoms with Crippen molar-refractivity contribution in [3.8, 4) is 0 Å². The second-order valence-electron chi connectivity index (χ2n) is 5.19. The number of anilines is 1. The molecule has 0 saturated carbocycles. The second kappa shape index (κ2) is 5.39. The molecule has 1 saturated heterocycles. The Balaban J connectivity index is 2.25. The molecule has 1 atom stereocenters. The Morgan fingerprint density at radius 2 is 2.26 bits per heavy atom. The lowest BCUT2D eigenvalue weighted by Crippen LogP contribution is -2.49. The van der Waals surface area contributed by atoms with Gasteiger partial charge in [-0.1, -0.05) is 17.7 Å². The number of methoxy groups -OCH3 is 1. The summed E-state index contributed by atoms with van der Waals surface area (Å²) in [6, 6.07) is 5.12. The van der Waals surface area contributed by atoms with Crippen molar-refractivity contribution in [2.75, 3.05) is 25.9 Å². The number of nitrogen functional groups attached to an aromatic ring is 1. The van der Waals surface area contributed by atoms with E-state index in [0.29, 0.717) is 29.4 Å². The summed E-state index contributed by atoms with van der Waals surface area (Å²) >= 11 is 6.09. The van der Waals surface area contributed by atoms with Gasteiger partial charge in [0.15, 0.2) is 0 Å². The van der Waals surface area contributed by atoms with Gasteiger partial charge in [0.1, 0.15) is 0 Å². The number of likely N-dealkylation sites (tertiary alicyclic amines) is 1. The fourth-order valence-electron chi connectivity index (χ4n) is 2.47. The maximum absolute atomic E-state index is 12.6. The smallest absolute Gasteiger partial charge is 0.257 e. The van der Waals surface area contributed by atoms with Gasteiger partial charge in [0.25, 0.3) is 5.91 Å². The Bertz CT molecular complexity index is 472. The van der Waals surface area contributed by atoms with Crippen molar-refractivity contribution in [2.45, 2.75) is 25.4 Å². The van der Waals surface area contributed by atoms with E-state index in [2.05, 4.69) is 0 Å². The molecule has 2 rings (SSSR count). The highest BCUT2D eigenvalue weighted by Crippen LogP contribution is 2.28. The lowest BCUT2D eigenvalue weighted by molar-refractivity contribution is -0.0439. The maximum Gasteiger partial charge on any atom is 0.257 e. The number of ether oxygens (including phenoxy) is 1. The summed E-state index contributed by atoms with van der Waals surface area (Å²) in [4.78, 5) is 14.3. The molecule has 1 aromatic carbocycles. The number of hydrogen-bond donors (Lipinski definition) is 1. The number of benzene rings is 1. The number of halogens is 1. The third-order valence-electron chi connectivity index (χ3n) is 3.70. The summed E-state index contributed by atoms with van der Waals surface area (Å²) in [6.07, 6.45) is 1.87. The molecule has 0 aromatic heterocycles. The van der Waals surface area contributed by atoms with Gasteiger partial charge < -0.3 is 15.4 Å². The van der Waals surface area contributed by atoms with Crippen LogP contribution in [0.3, 0.4) is 0 Å². The van der Waals surface area contributed by atoms with Crippen molar-refractivity contribution in [2.24, 2.45) is 0 Å². The van der Waals surface area contributed by atoms with Gasteiger partial charge in [-0.15, -0.1) is 0 Å². The summed E-state index contributed by atoms with van der Waals surface area (Å²) in [6.45, 7) is 3.29. The molecule has 1 aliphatic heterocycles. The third-order valence-corrected chi connectivity index (χ3v) is 4.01. The lowest BCUT2D eigenvalue weighted by atomic mass is 9.94. The zero-order valence-corrected chi connectivity index (χ0v) is 12.0. The molecule has 1 fully saturated rings. The monoisotopic (exact) mass is 282 g/mol. The highest BCUT2D eigenvalue weighted by Gasteiger charge is 2.34. The minimum absolute atomic E-state index is 0.119. The third kappa shape index (κ3) is 2.85. The summed E-state index contributed by atoms with van der Waals surface area (Å²) in [5.41, 5.74) is 6.39. The van der Waals surface area contributed by atoms with E-state index >= 15 is 0 Å². The highest BCUT2D eigenvalue weighted by atomic mass is 35.5. The van der Waals surface area contributed by atoms with Crippen LogP contribution in [0.5, 0.6) is 0 Å². The highest BCUT2D eigenvalue weighted by molar-refractivity contribution is 6.34. The van der Waals surface area contributed by atoms with Crippen LogP contribution in [0.15, 0.2) is 18.2 Å². The number of amides is 1. The van der Waals surface area contributed by atoms with Crippen molar-refractivity contribution in [3.63, 3.8) is 0 Å². The Hall–Kier alpha value is -1.26. The van der Waals surface area contributed by atoms with Crippen LogP contribution in [0.25, 0.3) is 0 Å². The van der Waals surface area contributed by atoms with Crippen LogP contribution in [0.2, 0.25) is 5.02 Å². The van der Waals surface area contributed by atoms with Gasteiger partial charge in [-0.3, -0.25) is 4.79 Å². The first-order valence-corrected chi connectivity index (χ1v) is 6.73. The Labute approximate surface area is 118 Å². The fourth-order valence-corrected chi connectivity index (χ4v) is 2.73. The molecule has 104 valence electrons. The SMILES string of the molecule is COC1(C)CCCN(C(=O)c2c(N)cccc2Cl)C1. The zero-order valence-electron chi connectivity index (χ0n) is 11.3. The molecule has 0 radical (unpaired) electrons. The molecule has 4 nitrogen and oxygen atoms in total. The molecular weight excluding hydrogens is 264 g/mol. The number of carbonyl (C=O) groups excluding carboxylic acids is 1. The van der Waals surface area contributed by atoms with Gasteiger partial charge in [0.05, 0.1) is 16.2 Å². The van der Waals surface area contributed by atoms with E-state index in [1.807, 2.05) is 6.92 Å². The first-order chi connectivity index (χ1) is 8.97. The molecule has 1 heterocycles. The van der Waals surface area contributed by atoms with Crippen LogP contribution in [-0.2, 0) is 4.74 Å². The van der Waals surface area contributed by atoms with Crippen molar-refractivity contribution < 1.29 is 9.53 Å². The molecule has 0 aliphatic carbocycles. The molecule has 1 unspecified atom stereocenters. The minimum Gasteiger partial charge on any atom is -0.398 e. The number of rotatable bonds is 2. The van der Waals surface area contributed by atoms with Crippen LogP contribution in [0, 0.1) is 0 Å². The first-order valence-electron chi connectivity index (χ1n) is 6.35. The largest absolute Gasteiger partial charge is 0.398 e. The van der Waals surface area contributed by atoms with Gasteiger partial charge in [-0.25, -0.2) is 0 Å². The van der Waals surface area contributed by atoms with E-state index < -0.39 is 0 Å². The lowest BCUT2D eigenvalue weighted by Gasteiger charge is -2.39. The Morgan fingerprint density at radius 3 is 2.89 bits per heavy atom. The van der Waals surface area contributed by atoms with E-state index in [1.54, 1.807) is 30.2 Å². The Kier molecular flexibility index (Phi) is 4.02. The number of carbonyl (C=O) groups is 1.